The van der Waals surface area contributed by atoms with Gasteiger partial charge in [0, 0.05) is 24.7 Å². The minimum Gasteiger partial charge on any atom is -0.338 e. The number of hydrogen-bond acceptors (Lipinski definition) is 5. The van der Waals surface area contributed by atoms with Gasteiger partial charge in [-0.1, -0.05) is 40.2 Å². The largest absolute Gasteiger partial charge is 0.338 e. The molecule has 8 heteroatoms. The molecule has 1 aliphatic rings. The van der Waals surface area contributed by atoms with Crippen LogP contribution in [-0.2, 0) is 17.8 Å². The zero-order valence-electron chi connectivity index (χ0n) is 20.3. The van der Waals surface area contributed by atoms with Crippen molar-refractivity contribution in [3.63, 3.8) is 0 Å². The van der Waals surface area contributed by atoms with Crippen molar-refractivity contribution in [1.82, 2.24) is 9.88 Å². The Morgan fingerprint density at radius 2 is 2.00 bits per heavy atom. The third-order valence-electron chi connectivity index (χ3n) is 5.51. The number of benzene rings is 1. The molecule has 0 atom stereocenters. The number of halogens is 1. The summed E-state index contributed by atoms with van der Waals surface area (Å²) in [5.74, 6) is -0.874. The summed E-state index contributed by atoms with van der Waals surface area (Å²) in [7, 11) is 0. The highest BCUT2D eigenvalue weighted by molar-refractivity contribution is 6.04. The van der Waals surface area contributed by atoms with Crippen molar-refractivity contribution < 1.29 is 14.0 Å². The molecule has 2 amide bonds. The molecule has 0 fully saturated rings. The van der Waals surface area contributed by atoms with E-state index in [9.17, 15) is 14.0 Å². The summed E-state index contributed by atoms with van der Waals surface area (Å²) < 4.78 is 14.8. The summed E-state index contributed by atoms with van der Waals surface area (Å²) in [5, 5.41) is 10.6. The van der Waals surface area contributed by atoms with E-state index in [0.717, 1.165) is 30.4 Å². The first kappa shape index (κ1) is 25.2. The molecule has 0 bridgehead atoms. The summed E-state index contributed by atoms with van der Waals surface area (Å²) in [6, 6.07) is 8.03. The van der Waals surface area contributed by atoms with Crippen LogP contribution >= 0.6 is 0 Å². The van der Waals surface area contributed by atoms with Crippen molar-refractivity contribution in [2.45, 2.75) is 59.9 Å². The standard InChI is InChI=1S/C26H32FN5O2/c1-5-6-7-12-28-29-16-20-9-8-10-23(30-20)31-24(33)21-14-19-17-32(25(34)26(2,3)4)13-11-18(19)15-22(21)27/h8-10,12,14-16H,5-7,11,13,17H2,1-4H3,(H,30,31,33)/b28-12+,29-16+. The normalized spacial score (nSPS) is 14.0. The van der Waals surface area contributed by atoms with Crippen molar-refractivity contribution in [2.75, 3.05) is 11.9 Å². The molecular weight excluding hydrogens is 433 g/mol. The van der Waals surface area contributed by atoms with E-state index in [4.69, 9.17) is 0 Å². The Labute approximate surface area is 200 Å². The fourth-order valence-corrected chi connectivity index (χ4v) is 3.67. The fraction of sp³-hybridized carbons (Fsp3) is 0.423. The van der Waals surface area contributed by atoms with Gasteiger partial charge in [0.15, 0.2) is 0 Å². The van der Waals surface area contributed by atoms with Crippen LogP contribution in [0.1, 0.15) is 74.1 Å². The molecule has 180 valence electrons. The van der Waals surface area contributed by atoms with E-state index in [0.29, 0.717) is 25.2 Å². The number of pyridine rings is 1. The number of unbranched alkanes of at least 4 members (excludes halogenated alkanes) is 2. The molecule has 0 aliphatic carbocycles. The molecule has 0 unspecified atom stereocenters. The Balaban J connectivity index is 1.72. The summed E-state index contributed by atoms with van der Waals surface area (Å²) in [4.78, 5) is 31.6. The molecule has 3 rings (SSSR count). The highest BCUT2D eigenvalue weighted by Gasteiger charge is 2.30. The third-order valence-corrected chi connectivity index (χ3v) is 5.51. The summed E-state index contributed by atoms with van der Waals surface area (Å²) >= 11 is 0. The maximum atomic E-state index is 14.8. The van der Waals surface area contributed by atoms with Gasteiger partial charge in [-0.15, -0.1) is 0 Å². The number of nitrogens with zero attached hydrogens (tertiary/aromatic N) is 4. The van der Waals surface area contributed by atoms with Crippen molar-refractivity contribution >= 4 is 30.1 Å². The van der Waals surface area contributed by atoms with Gasteiger partial charge in [-0.2, -0.15) is 10.2 Å². The first-order valence-corrected chi connectivity index (χ1v) is 11.6. The monoisotopic (exact) mass is 465 g/mol. The predicted molar refractivity (Wildman–Crippen MR) is 133 cm³/mol. The Morgan fingerprint density at radius 3 is 2.74 bits per heavy atom. The van der Waals surface area contributed by atoms with E-state index in [2.05, 4.69) is 27.4 Å². The number of anilines is 1. The molecule has 34 heavy (non-hydrogen) atoms. The van der Waals surface area contributed by atoms with Gasteiger partial charge in [-0.25, -0.2) is 9.37 Å². The van der Waals surface area contributed by atoms with Crippen LogP contribution in [0.15, 0.2) is 40.5 Å². The average Bonchev–Trinajstić information content (AvgIpc) is 2.79. The second-order valence-corrected chi connectivity index (χ2v) is 9.41. The molecular formula is C26H32FN5O2. The van der Waals surface area contributed by atoms with Gasteiger partial charge in [0.05, 0.1) is 17.5 Å². The van der Waals surface area contributed by atoms with Crippen LogP contribution in [-0.4, -0.2) is 40.7 Å². The third kappa shape index (κ3) is 6.56. The highest BCUT2D eigenvalue weighted by Crippen LogP contribution is 2.27. The second-order valence-electron chi connectivity index (χ2n) is 9.41. The van der Waals surface area contributed by atoms with Gasteiger partial charge < -0.3 is 10.2 Å². The first-order chi connectivity index (χ1) is 16.2. The van der Waals surface area contributed by atoms with Gasteiger partial charge >= 0.3 is 0 Å². The fourth-order valence-electron chi connectivity index (χ4n) is 3.67. The molecule has 2 heterocycles. The van der Waals surface area contributed by atoms with Crippen molar-refractivity contribution in [1.29, 1.82) is 0 Å². The van der Waals surface area contributed by atoms with Gasteiger partial charge in [0.1, 0.15) is 11.6 Å². The smallest absolute Gasteiger partial charge is 0.259 e. The van der Waals surface area contributed by atoms with Gasteiger partial charge in [0.25, 0.3) is 5.91 Å². The van der Waals surface area contributed by atoms with Gasteiger partial charge in [0.2, 0.25) is 5.91 Å². The number of nitrogens with one attached hydrogen (secondary N) is 1. The number of rotatable bonds is 7. The number of carbonyl (C=O) groups excluding carboxylic acids is 2. The van der Waals surface area contributed by atoms with E-state index in [1.54, 1.807) is 35.4 Å². The number of aromatic nitrogens is 1. The van der Waals surface area contributed by atoms with Crippen LogP contribution in [0.5, 0.6) is 0 Å². The van der Waals surface area contributed by atoms with E-state index < -0.39 is 17.1 Å². The lowest BCUT2D eigenvalue weighted by Crippen LogP contribution is -2.42. The van der Waals surface area contributed by atoms with Crippen LogP contribution < -0.4 is 5.32 Å². The predicted octanol–water partition coefficient (Wildman–Crippen LogP) is 5.00. The maximum absolute atomic E-state index is 14.8. The van der Waals surface area contributed by atoms with Gasteiger partial charge in [-0.3, -0.25) is 9.59 Å². The van der Waals surface area contributed by atoms with Crippen LogP contribution in [0, 0.1) is 11.2 Å². The molecule has 1 aliphatic heterocycles. The Kier molecular flexibility index (Phi) is 8.26. The molecule has 0 spiro atoms. The highest BCUT2D eigenvalue weighted by atomic mass is 19.1. The summed E-state index contributed by atoms with van der Waals surface area (Å²) in [6.45, 7) is 8.63. The minimum atomic E-state index is -0.598. The Morgan fingerprint density at radius 1 is 1.21 bits per heavy atom. The SMILES string of the molecule is CCCC/C=N/N=C/c1cccc(NC(=O)c2cc3c(cc2F)CCN(C(=O)C(C)(C)C)C3)n1. The number of amides is 2. The number of carbonyl (C=O) groups is 2. The molecule has 1 aromatic carbocycles. The van der Waals surface area contributed by atoms with E-state index in [1.807, 2.05) is 20.8 Å². The zero-order valence-corrected chi connectivity index (χ0v) is 20.3. The van der Waals surface area contributed by atoms with Crippen LogP contribution in [0.3, 0.4) is 0 Å². The van der Waals surface area contributed by atoms with Crippen LogP contribution in [0.4, 0.5) is 10.2 Å². The van der Waals surface area contributed by atoms with Crippen molar-refractivity contribution in [3.8, 4) is 0 Å². The van der Waals surface area contributed by atoms with E-state index in [-0.39, 0.29) is 17.3 Å². The molecule has 7 nitrogen and oxygen atoms in total. The zero-order chi connectivity index (χ0) is 24.7. The van der Waals surface area contributed by atoms with Crippen molar-refractivity contribution in [3.05, 3.63) is 58.5 Å². The topological polar surface area (TPSA) is 87.0 Å². The Hall–Kier alpha value is -3.42. The average molecular weight is 466 g/mol. The van der Waals surface area contributed by atoms with Crippen LogP contribution in [0.25, 0.3) is 0 Å². The molecule has 0 saturated heterocycles. The lowest BCUT2D eigenvalue weighted by Gasteiger charge is -2.33. The molecule has 0 saturated carbocycles. The Bertz CT molecular complexity index is 1100. The first-order valence-electron chi connectivity index (χ1n) is 11.6. The lowest BCUT2D eigenvalue weighted by molar-refractivity contribution is -0.140. The molecule has 1 N–H and O–H groups in total. The molecule has 0 radical (unpaired) electrons. The quantitative estimate of drug-likeness (QED) is 0.355. The lowest BCUT2D eigenvalue weighted by atomic mass is 9.91. The summed E-state index contributed by atoms with van der Waals surface area (Å²) in [5.41, 5.74) is 1.55. The number of fused-ring (bicyclic) bond motifs is 1. The second kappa shape index (κ2) is 11.1. The van der Waals surface area contributed by atoms with Crippen molar-refractivity contribution in [2.24, 2.45) is 15.6 Å². The number of hydrogen-bond donors (Lipinski definition) is 1. The minimum absolute atomic E-state index is 0.0332. The molecule has 1 aromatic heterocycles. The molecule has 2 aromatic rings. The van der Waals surface area contributed by atoms with Crippen LogP contribution in [0.2, 0.25) is 0 Å². The van der Waals surface area contributed by atoms with E-state index >= 15 is 0 Å². The summed E-state index contributed by atoms with van der Waals surface area (Å²) in [6.07, 6.45) is 6.82. The maximum Gasteiger partial charge on any atom is 0.259 e. The van der Waals surface area contributed by atoms with E-state index in [1.165, 1.54) is 12.3 Å². The van der Waals surface area contributed by atoms with Gasteiger partial charge in [-0.05, 0) is 54.7 Å².